The Balaban J connectivity index is 1.63. The largest absolute Gasteiger partial charge is 0.325 e. The van der Waals surface area contributed by atoms with E-state index in [9.17, 15) is 9.59 Å². The number of fused-ring (bicyclic) bond motifs is 3. The topological polar surface area (TPSA) is 83.4 Å². The number of aromatic nitrogens is 3. The first kappa shape index (κ1) is 17.9. The molecule has 9 heteroatoms. The zero-order valence-corrected chi connectivity index (χ0v) is 17.1. The van der Waals surface area contributed by atoms with Gasteiger partial charge in [0, 0.05) is 23.6 Å². The molecule has 2 aliphatic heterocycles. The van der Waals surface area contributed by atoms with Gasteiger partial charge in [-0.05, 0) is 17.7 Å². The number of likely N-dealkylation sites (N-methyl/N-ethyl adjacent to an activating group) is 1. The second kappa shape index (κ2) is 6.70. The van der Waals surface area contributed by atoms with Crippen LogP contribution in [0.15, 0.2) is 59.1 Å². The van der Waals surface area contributed by atoms with Crippen molar-refractivity contribution < 1.29 is 9.59 Å². The molecule has 3 aromatic rings. The number of hydrogen-bond donors (Lipinski definition) is 1. The van der Waals surface area contributed by atoms with Crippen molar-refractivity contribution in [3.05, 3.63) is 64.6 Å². The summed E-state index contributed by atoms with van der Waals surface area (Å²) in [4.78, 5) is 28.6. The number of halogens is 1. The highest BCUT2D eigenvalue weighted by Gasteiger charge is 2.52. The predicted molar refractivity (Wildman–Crippen MR) is 110 cm³/mol. The molecular weight excluding hydrogens is 436 g/mol. The molecule has 0 bridgehead atoms. The Morgan fingerprint density at radius 3 is 2.48 bits per heavy atom. The van der Waals surface area contributed by atoms with E-state index in [0.717, 1.165) is 15.6 Å². The Bertz CT molecular complexity index is 1100. The number of urea groups is 1. The van der Waals surface area contributed by atoms with E-state index in [4.69, 9.17) is 0 Å². The number of benzene rings is 2. The van der Waals surface area contributed by atoms with Gasteiger partial charge in [0.25, 0.3) is 5.91 Å². The van der Waals surface area contributed by atoms with Crippen LogP contribution in [0.4, 0.5) is 10.7 Å². The maximum atomic E-state index is 12.8. The van der Waals surface area contributed by atoms with E-state index >= 15 is 0 Å². The lowest BCUT2D eigenvalue weighted by Crippen LogP contribution is -2.61. The molecule has 5 rings (SSSR count). The quantitative estimate of drug-likeness (QED) is 0.660. The second-order valence-electron chi connectivity index (χ2n) is 7.08. The molecule has 2 aliphatic rings. The lowest BCUT2D eigenvalue weighted by atomic mass is 10.1. The van der Waals surface area contributed by atoms with Crippen molar-refractivity contribution in [3.8, 4) is 11.4 Å². The summed E-state index contributed by atoms with van der Waals surface area (Å²) in [5.74, 6) is 0.862. The van der Waals surface area contributed by atoms with Crippen LogP contribution >= 0.6 is 15.9 Å². The summed E-state index contributed by atoms with van der Waals surface area (Å²) in [6, 6.07) is 16.5. The summed E-state index contributed by atoms with van der Waals surface area (Å²) in [5, 5.41) is 11.2. The standard InChI is InChI=1S/C20H17BrN6O2/c1-25-18-15(17(28)22-20(25)29)26(11-12-7-9-14(21)10-8-12)19-24-23-16(27(18)19)13-5-3-2-4-6-13/h2-10,15,18H,11H2,1H3,(H,22,28,29). The molecule has 29 heavy (non-hydrogen) atoms. The molecule has 2 unspecified atom stereocenters. The molecule has 0 spiro atoms. The molecule has 0 aliphatic carbocycles. The van der Waals surface area contributed by atoms with E-state index in [2.05, 4.69) is 31.4 Å². The average molecular weight is 453 g/mol. The molecule has 2 aromatic carbocycles. The second-order valence-corrected chi connectivity index (χ2v) is 7.99. The lowest BCUT2D eigenvalue weighted by molar-refractivity contribution is -0.124. The number of rotatable bonds is 3. The minimum Gasteiger partial charge on any atom is -0.321 e. The number of carbonyl (C=O) groups excluding carboxylic acids is 2. The fourth-order valence-corrected chi connectivity index (χ4v) is 4.20. The minimum absolute atomic E-state index is 0.334. The molecule has 2 atom stereocenters. The van der Waals surface area contributed by atoms with Crippen LogP contribution < -0.4 is 10.2 Å². The van der Waals surface area contributed by atoms with Crippen LogP contribution in [0.25, 0.3) is 11.4 Å². The number of hydrogen-bond acceptors (Lipinski definition) is 5. The van der Waals surface area contributed by atoms with Gasteiger partial charge < -0.3 is 9.80 Å². The van der Waals surface area contributed by atoms with Gasteiger partial charge in [-0.1, -0.05) is 58.4 Å². The minimum atomic E-state index is -0.589. The van der Waals surface area contributed by atoms with Crippen molar-refractivity contribution in [3.63, 3.8) is 0 Å². The average Bonchev–Trinajstić information content (AvgIpc) is 3.28. The molecule has 1 fully saturated rings. The highest BCUT2D eigenvalue weighted by molar-refractivity contribution is 9.10. The fraction of sp³-hybridized carbons (Fsp3) is 0.200. The lowest BCUT2D eigenvalue weighted by Gasteiger charge is -2.37. The van der Waals surface area contributed by atoms with Gasteiger partial charge in [-0.3, -0.25) is 14.7 Å². The van der Waals surface area contributed by atoms with Crippen molar-refractivity contribution in [1.82, 2.24) is 25.0 Å². The Hall–Kier alpha value is -3.20. The first-order chi connectivity index (χ1) is 14.0. The van der Waals surface area contributed by atoms with Crippen molar-refractivity contribution in [2.45, 2.75) is 18.8 Å². The summed E-state index contributed by atoms with van der Waals surface area (Å²) >= 11 is 3.44. The Morgan fingerprint density at radius 2 is 1.76 bits per heavy atom. The van der Waals surface area contributed by atoms with Crippen molar-refractivity contribution in [1.29, 1.82) is 0 Å². The number of anilines is 1. The van der Waals surface area contributed by atoms with Gasteiger partial charge in [0.2, 0.25) is 5.95 Å². The first-order valence-corrected chi connectivity index (χ1v) is 9.93. The summed E-state index contributed by atoms with van der Waals surface area (Å²) in [7, 11) is 1.68. The van der Waals surface area contributed by atoms with Gasteiger partial charge in [0.05, 0.1) is 0 Å². The molecule has 1 N–H and O–H groups in total. The SMILES string of the molecule is CN1C(=O)NC(=O)C2C1n1c(-c3ccccc3)nnc1N2Cc1ccc(Br)cc1. The number of nitrogens with zero attached hydrogens (tertiary/aromatic N) is 5. The first-order valence-electron chi connectivity index (χ1n) is 9.13. The zero-order chi connectivity index (χ0) is 20.1. The van der Waals surface area contributed by atoms with E-state index in [1.807, 2.05) is 64.1 Å². The molecule has 0 saturated carbocycles. The van der Waals surface area contributed by atoms with Crippen LogP contribution in [0.5, 0.6) is 0 Å². The molecule has 0 radical (unpaired) electrons. The highest BCUT2D eigenvalue weighted by Crippen LogP contribution is 2.41. The summed E-state index contributed by atoms with van der Waals surface area (Å²) < 4.78 is 2.87. The predicted octanol–water partition coefficient (Wildman–Crippen LogP) is 2.78. The smallest absolute Gasteiger partial charge is 0.321 e. The molecule has 3 amide bonds. The maximum absolute atomic E-state index is 12.8. The third-order valence-electron chi connectivity index (χ3n) is 5.33. The summed E-state index contributed by atoms with van der Waals surface area (Å²) in [6.07, 6.45) is -0.521. The van der Waals surface area contributed by atoms with Crippen molar-refractivity contribution >= 4 is 33.8 Å². The number of imide groups is 1. The van der Waals surface area contributed by atoms with Crippen molar-refractivity contribution in [2.75, 3.05) is 11.9 Å². The van der Waals surface area contributed by atoms with Crippen molar-refractivity contribution in [2.24, 2.45) is 0 Å². The van der Waals surface area contributed by atoms with Gasteiger partial charge in [-0.2, -0.15) is 0 Å². The van der Waals surface area contributed by atoms with Crippen LogP contribution in [-0.4, -0.2) is 44.7 Å². The highest BCUT2D eigenvalue weighted by atomic mass is 79.9. The molecule has 1 saturated heterocycles. The van der Waals surface area contributed by atoms with E-state index in [0.29, 0.717) is 18.3 Å². The number of carbonyl (C=O) groups is 2. The van der Waals surface area contributed by atoms with Gasteiger partial charge in [-0.25, -0.2) is 4.79 Å². The zero-order valence-electron chi connectivity index (χ0n) is 15.5. The molecule has 8 nitrogen and oxygen atoms in total. The molecule has 1 aromatic heterocycles. The normalized spacial score (nSPS) is 20.5. The van der Waals surface area contributed by atoms with Crippen LogP contribution in [0.2, 0.25) is 0 Å². The van der Waals surface area contributed by atoms with Gasteiger partial charge in [0.15, 0.2) is 11.9 Å². The van der Waals surface area contributed by atoms with E-state index in [1.165, 1.54) is 4.90 Å². The molecular formula is C20H17BrN6O2. The summed E-state index contributed by atoms with van der Waals surface area (Å²) in [6.45, 7) is 0.469. The van der Waals surface area contributed by atoms with Crippen LogP contribution in [0.3, 0.4) is 0 Å². The van der Waals surface area contributed by atoms with Crippen LogP contribution in [0.1, 0.15) is 11.7 Å². The molecule has 146 valence electrons. The third kappa shape index (κ3) is 2.80. The Kier molecular flexibility index (Phi) is 4.13. The van der Waals surface area contributed by atoms with Crippen LogP contribution in [0, 0.1) is 0 Å². The number of amides is 3. The van der Waals surface area contributed by atoms with E-state index in [-0.39, 0.29) is 5.91 Å². The third-order valence-corrected chi connectivity index (χ3v) is 5.86. The van der Waals surface area contributed by atoms with E-state index < -0.39 is 18.2 Å². The fourth-order valence-electron chi connectivity index (χ4n) is 3.94. The molecule has 3 heterocycles. The summed E-state index contributed by atoms with van der Waals surface area (Å²) in [5.41, 5.74) is 1.90. The van der Waals surface area contributed by atoms with Gasteiger partial charge in [-0.15, -0.1) is 10.2 Å². The van der Waals surface area contributed by atoms with Gasteiger partial charge >= 0.3 is 6.03 Å². The monoisotopic (exact) mass is 452 g/mol. The van der Waals surface area contributed by atoms with Crippen LogP contribution in [-0.2, 0) is 11.3 Å². The Labute approximate surface area is 175 Å². The van der Waals surface area contributed by atoms with E-state index in [1.54, 1.807) is 7.05 Å². The number of nitrogens with one attached hydrogen (secondary N) is 1. The van der Waals surface area contributed by atoms with Gasteiger partial charge in [0.1, 0.15) is 6.17 Å². The Morgan fingerprint density at radius 1 is 1.03 bits per heavy atom. The maximum Gasteiger partial charge on any atom is 0.325 e.